The summed E-state index contributed by atoms with van der Waals surface area (Å²) in [5.41, 5.74) is -0.343. The summed E-state index contributed by atoms with van der Waals surface area (Å²) < 4.78 is 5.14. The van der Waals surface area contributed by atoms with Crippen LogP contribution in [-0.4, -0.2) is 11.6 Å². The molecular formula is C12H18O2. The van der Waals surface area contributed by atoms with Gasteiger partial charge in [0.25, 0.3) is 0 Å². The van der Waals surface area contributed by atoms with Crippen molar-refractivity contribution in [2.75, 3.05) is 0 Å². The normalized spacial score (nSPS) is 10.4. The first-order valence-electron chi connectivity index (χ1n) is 4.66. The summed E-state index contributed by atoms with van der Waals surface area (Å²) in [7, 11) is 0. The van der Waals surface area contributed by atoms with Gasteiger partial charge < -0.3 is 4.74 Å². The van der Waals surface area contributed by atoms with Crippen molar-refractivity contribution in [2.24, 2.45) is 5.92 Å². The number of carbonyl (C=O) groups excluding carboxylic acids is 1. The lowest BCUT2D eigenvalue weighted by Gasteiger charge is -2.18. The van der Waals surface area contributed by atoms with Crippen LogP contribution in [0.4, 0.5) is 0 Å². The molecule has 0 rings (SSSR count). The second-order valence-corrected chi connectivity index (χ2v) is 4.10. The van der Waals surface area contributed by atoms with Gasteiger partial charge in [0.15, 0.2) is 5.60 Å². The Hall–Kier alpha value is -1.23. The van der Waals surface area contributed by atoms with E-state index in [0.717, 1.165) is 0 Å². The fourth-order valence-corrected chi connectivity index (χ4v) is 0.663. The minimum atomic E-state index is -0.736. The van der Waals surface area contributed by atoms with E-state index in [4.69, 9.17) is 4.74 Å². The standard InChI is InChI=1S/C12H18O2/c1-9(2)7-8-12(5,6)14-11(13)10(3)4/h9H,3H2,1-2,4-6H3. The minimum Gasteiger partial charge on any atom is -0.443 e. The van der Waals surface area contributed by atoms with Gasteiger partial charge in [-0.05, 0) is 20.8 Å². The van der Waals surface area contributed by atoms with E-state index in [9.17, 15) is 4.79 Å². The third-order valence-corrected chi connectivity index (χ3v) is 1.36. The predicted octanol–water partition coefficient (Wildman–Crippen LogP) is 2.54. The molecule has 0 radical (unpaired) electrons. The van der Waals surface area contributed by atoms with Gasteiger partial charge in [0.1, 0.15) is 0 Å². The van der Waals surface area contributed by atoms with Crippen molar-refractivity contribution in [1.82, 2.24) is 0 Å². The van der Waals surface area contributed by atoms with E-state index in [1.54, 1.807) is 20.8 Å². The lowest BCUT2D eigenvalue weighted by Crippen LogP contribution is -2.26. The summed E-state index contributed by atoms with van der Waals surface area (Å²) in [5.74, 6) is 5.76. The van der Waals surface area contributed by atoms with Gasteiger partial charge in [-0.2, -0.15) is 0 Å². The highest BCUT2D eigenvalue weighted by atomic mass is 16.6. The third kappa shape index (κ3) is 5.42. The van der Waals surface area contributed by atoms with Crippen LogP contribution in [0, 0.1) is 17.8 Å². The van der Waals surface area contributed by atoms with Crippen LogP contribution in [0.15, 0.2) is 12.2 Å². The number of ether oxygens (including phenoxy) is 1. The fourth-order valence-electron chi connectivity index (χ4n) is 0.663. The molecule has 0 aliphatic heterocycles. The Morgan fingerprint density at radius 2 is 1.93 bits per heavy atom. The zero-order valence-electron chi connectivity index (χ0n) is 9.60. The molecule has 78 valence electrons. The van der Waals surface area contributed by atoms with E-state index >= 15 is 0 Å². The second-order valence-electron chi connectivity index (χ2n) is 4.10. The number of esters is 1. The molecule has 14 heavy (non-hydrogen) atoms. The smallest absolute Gasteiger partial charge is 0.334 e. The summed E-state index contributed by atoms with van der Waals surface area (Å²) in [4.78, 5) is 11.2. The Balaban J connectivity index is 4.44. The van der Waals surface area contributed by atoms with Crippen LogP contribution < -0.4 is 0 Å². The van der Waals surface area contributed by atoms with E-state index in [2.05, 4.69) is 18.4 Å². The molecule has 2 heteroatoms. The maximum atomic E-state index is 11.2. The molecule has 0 amide bonds. The Morgan fingerprint density at radius 1 is 1.43 bits per heavy atom. The van der Waals surface area contributed by atoms with Gasteiger partial charge in [0.2, 0.25) is 0 Å². The van der Waals surface area contributed by atoms with Crippen LogP contribution in [0.3, 0.4) is 0 Å². The molecule has 0 bridgehead atoms. The maximum Gasteiger partial charge on any atom is 0.334 e. The van der Waals surface area contributed by atoms with E-state index < -0.39 is 11.6 Å². The van der Waals surface area contributed by atoms with Crippen LogP contribution in [0.1, 0.15) is 34.6 Å². The van der Waals surface area contributed by atoms with Crippen molar-refractivity contribution in [3.05, 3.63) is 12.2 Å². The molecule has 0 aliphatic carbocycles. The van der Waals surface area contributed by atoms with Gasteiger partial charge in [-0.25, -0.2) is 4.79 Å². The zero-order chi connectivity index (χ0) is 11.4. The summed E-state index contributed by atoms with van der Waals surface area (Å²) in [6.45, 7) is 12.6. The summed E-state index contributed by atoms with van der Waals surface area (Å²) in [6, 6.07) is 0. The quantitative estimate of drug-likeness (QED) is 0.383. The monoisotopic (exact) mass is 194 g/mol. The third-order valence-electron chi connectivity index (χ3n) is 1.36. The van der Waals surface area contributed by atoms with Crippen LogP contribution in [0.5, 0.6) is 0 Å². The largest absolute Gasteiger partial charge is 0.443 e. The molecule has 0 aliphatic rings. The van der Waals surface area contributed by atoms with Crippen molar-refractivity contribution >= 4 is 5.97 Å². The zero-order valence-corrected chi connectivity index (χ0v) is 9.60. The van der Waals surface area contributed by atoms with Crippen LogP contribution in [0.25, 0.3) is 0 Å². The molecule has 0 N–H and O–H groups in total. The summed E-state index contributed by atoms with van der Waals surface area (Å²) >= 11 is 0. The van der Waals surface area contributed by atoms with Crippen LogP contribution >= 0.6 is 0 Å². The first-order valence-corrected chi connectivity index (χ1v) is 4.66. The molecule has 0 unspecified atom stereocenters. The number of hydrogen-bond acceptors (Lipinski definition) is 2. The van der Waals surface area contributed by atoms with Crippen LogP contribution in [-0.2, 0) is 9.53 Å². The maximum absolute atomic E-state index is 11.2. The summed E-state index contributed by atoms with van der Waals surface area (Å²) in [6.07, 6.45) is 0. The Bertz CT molecular complexity index is 287. The molecule has 0 aromatic carbocycles. The van der Waals surface area contributed by atoms with Crippen LogP contribution in [0.2, 0.25) is 0 Å². The van der Waals surface area contributed by atoms with Gasteiger partial charge in [0, 0.05) is 11.5 Å². The average Bonchev–Trinajstić information content (AvgIpc) is 2.00. The number of rotatable bonds is 2. The average molecular weight is 194 g/mol. The molecule has 0 aromatic rings. The van der Waals surface area contributed by atoms with Crippen molar-refractivity contribution in [2.45, 2.75) is 40.2 Å². The topological polar surface area (TPSA) is 26.3 Å². The van der Waals surface area contributed by atoms with Gasteiger partial charge in [-0.1, -0.05) is 32.3 Å². The predicted molar refractivity (Wildman–Crippen MR) is 57.6 cm³/mol. The SMILES string of the molecule is C=C(C)C(=O)OC(C)(C)C#CC(C)C. The highest BCUT2D eigenvalue weighted by Crippen LogP contribution is 2.10. The van der Waals surface area contributed by atoms with Crippen molar-refractivity contribution in [1.29, 1.82) is 0 Å². The first kappa shape index (κ1) is 12.8. The molecule has 0 saturated carbocycles. The molecule has 0 aromatic heterocycles. The van der Waals surface area contributed by atoms with Gasteiger partial charge in [0.05, 0.1) is 0 Å². The van der Waals surface area contributed by atoms with Gasteiger partial charge in [-0.15, -0.1) is 0 Å². The lowest BCUT2D eigenvalue weighted by atomic mass is 10.1. The fraction of sp³-hybridized carbons (Fsp3) is 0.583. The molecule has 2 nitrogen and oxygen atoms in total. The van der Waals surface area contributed by atoms with E-state index in [-0.39, 0.29) is 5.92 Å². The number of hydrogen-bond donors (Lipinski definition) is 0. The second kappa shape index (κ2) is 4.85. The molecule has 0 saturated heterocycles. The lowest BCUT2D eigenvalue weighted by molar-refractivity contribution is -0.146. The first-order chi connectivity index (χ1) is 6.24. The minimum absolute atomic E-state index is 0.276. The van der Waals surface area contributed by atoms with E-state index in [1.165, 1.54) is 0 Å². The molecular weight excluding hydrogens is 176 g/mol. The highest BCUT2D eigenvalue weighted by Gasteiger charge is 2.20. The Kier molecular flexibility index (Phi) is 4.43. The van der Waals surface area contributed by atoms with Crippen molar-refractivity contribution in [3.8, 4) is 11.8 Å². The molecule has 0 atom stereocenters. The molecule has 0 fully saturated rings. The Morgan fingerprint density at radius 3 is 2.29 bits per heavy atom. The molecule has 0 spiro atoms. The Labute approximate surface area is 86.3 Å². The van der Waals surface area contributed by atoms with Crippen molar-refractivity contribution < 1.29 is 9.53 Å². The number of carbonyl (C=O) groups is 1. The van der Waals surface area contributed by atoms with Gasteiger partial charge >= 0.3 is 5.97 Å². The van der Waals surface area contributed by atoms with E-state index in [0.29, 0.717) is 5.57 Å². The molecule has 0 heterocycles. The summed E-state index contributed by atoms with van der Waals surface area (Å²) in [5, 5.41) is 0. The van der Waals surface area contributed by atoms with Gasteiger partial charge in [-0.3, -0.25) is 0 Å². The van der Waals surface area contributed by atoms with Crippen molar-refractivity contribution in [3.63, 3.8) is 0 Å². The highest BCUT2D eigenvalue weighted by molar-refractivity contribution is 5.87. The van der Waals surface area contributed by atoms with E-state index in [1.807, 2.05) is 13.8 Å².